The van der Waals surface area contributed by atoms with Gasteiger partial charge < -0.3 is 4.90 Å². The van der Waals surface area contributed by atoms with Crippen LogP contribution in [-0.2, 0) is 7.05 Å². The second-order valence-electron chi connectivity index (χ2n) is 6.79. The number of carbonyl (C=O) groups is 1. The maximum Gasteiger partial charge on any atom is 0.257 e. The Kier molecular flexibility index (Phi) is 3.47. The van der Waals surface area contributed by atoms with Gasteiger partial charge in [0.25, 0.3) is 5.91 Å². The van der Waals surface area contributed by atoms with E-state index >= 15 is 0 Å². The molecule has 0 spiro atoms. The van der Waals surface area contributed by atoms with Crippen molar-refractivity contribution >= 4 is 5.91 Å². The van der Waals surface area contributed by atoms with E-state index in [1.54, 1.807) is 6.20 Å². The van der Waals surface area contributed by atoms with Crippen LogP contribution < -0.4 is 0 Å². The molecule has 6 heteroatoms. The molecule has 1 amide bonds. The van der Waals surface area contributed by atoms with Gasteiger partial charge in [0.15, 0.2) is 0 Å². The fourth-order valence-corrected chi connectivity index (χ4v) is 3.74. The normalized spacial score (nSPS) is 21.7. The molecule has 4 rings (SSSR count). The molecule has 1 atom stereocenters. The van der Waals surface area contributed by atoms with Crippen molar-refractivity contribution in [3.8, 4) is 0 Å². The lowest BCUT2D eigenvalue weighted by molar-refractivity contribution is 0.0735. The smallest absolute Gasteiger partial charge is 0.257 e. The van der Waals surface area contributed by atoms with E-state index in [4.69, 9.17) is 0 Å². The summed E-state index contributed by atoms with van der Waals surface area (Å²) in [6.07, 6.45) is 11.4. The molecule has 0 radical (unpaired) electrons. The van der Waals surface area contributed by atoms with Crippen molar-refractivity contribution in [2.24, 2.45) is 7.05 Å². The number of likely N-dealkylation sites (tertiary alicyclic amines) is 1. The maximum absolute atomic E-state index is 12.9. The summed E-state index contributed by atoms with van der Waals surface area (Å²) in [4.78, 5) is 14.9. The Morgan fingerprint density at radius 2 is 2.04 bits per heavy atom. The van der Waals surface area contributed by atoms with Crippen LogP contribution in [0.15, 0.2) is 18.6 Å². The molecule has 0 unspecified atom stereocenters. The molecular weight excluding hydrogens is 290 g/mol. The third kappa shape index (κ3) is 2.46. The van der Waals surface area contributed by atoms with Gasteiger partial charge in [0.05, 0.1) is 29.5 Å². The Hall–Kier alpha value is -2.11. The summed E-state index contributed by atoms with van der Waals surface area (Å²) in [5.41, 5.74) is 2.90. The molecule has 2 aromatic heterocycles. The number of hydrogen-bond acceptors (Lipinski definition) is 3. The van der Waals surface area contributed by atoms with Crippen LogP contribution >= 0.6 is 0 Å². The number of aromatic nitrogens is 4. The number of nitrogens with zero attached hydrogens (tertiary/aromatic N) is 5. The molecule has 3 heterocycles. The zero-order valence-electron chi connectivity index (χ0n) is 13.8. The Morgan fingerprint density at radius 1 is 1.22 bits per heavy atom. The number of amides is 1. The Balaban J connectivity index is 1.57. The molecule has 23 heavy (non-hydrogen) atoms. The first-order valence-electron chi connectivity index (χ1n) is 8.49. The Labute approximate surface area is 136 Å². The molecule has 2 aromatic rings. The van der Waals surface area contributed by atoms with Crippen LogP contribution in [0.2, 0.25) is 0 Å². The summed E-state index contributed by atoms with van der Waals surface area (Å²) in [6, 6.07) is 0.634. The maximum atomic E-state index is 12.9. The zero-order valence-corrected chi connectivity index (χ0v) is 13.8. The monoisotopic (exact) mass is 313 g/mol. The van der Waals surface area contributed by atoms with Crippen molar-refractivity contribution in [2.75, 3.05) is 6.54 Å². The highest BCUT2D eigenvalue weighted by Gasteiger charge is 2.33. The van der Waals surface area contributed by atoms with Crippen LogP contribution in [0.3, 0.4) is 0 Å². The van der Waals surface area contributed by atoms with Crippen LogP contribution in [0, 0.1) is 6.92 Å². The zero-order chi connectivity index (χ0) is 16.0. The summed E-state index contributed by atoms with van der Waals surface area (Å²) in [5.74, 6) is 0.0985. The van der Waals surface area contributed by atoms with E-state index in [-0.39, 0.29) is 11.9 Å². The number of hydrogen-bond donors (Lipinski definition) is 0. The SMILES string of the molecule is Cc1nn(C)cc1[C@@H]1CCCN1C(=O)c1cnn(C2CCC2)c1. The van der Waals surface area contributed by atoms with E-state index < -0.39 is 0 Å². The fourth-order valence-electron chi connectivity index (χ4n) is 3.74. The molecule has 1 saturated carbocycles. The van der Waals surface area contributed by atoms with E-state index in [2.05, 4.69) is 10.2 Å². The molecule has 1 aliphatic heterocycles. The molecule has 0 bridgehead atoms. The second-order valence-corrected chi connectivity index (χ2v) is 6.79. The highest BCUT2D eigenvalue weighted by molar-refractivity contribution is 5.94. The summed E-state index contributed by atoms with van der Waals surface area (Å²) in [7, 11) is 1.93. The van der Waals surface area contributed by atoms with Crippen LogP contribution in [0.1, 0.15) is 65.8 Å². The third-order valence-electron chi connectivity index (χ3n) is 5.22. The summed E-state index contributed by atoms with van der Waals surface area (Å²) in [6.45, 7) is 2.83. The summed E-state index contributed by atoms with van der Waals surface area (Å²) < 4.78 is 3.80. The lowest BCUT2D eigenvalue weighted by Gasteiger charge is -2.26. The van der Waals surface area contributed by atoms with Crippen LogP contribution in [0.5, 0.6) is 0 Å². The molecule has 0 N–H and O–H groups in total. The predicted molar refractivity (Wildman–Crippen MR) is 86.1 cm³/mol. The minimum atomic E-state index is 0.0985. The highest BCUT2D eigenvalue weighted by Crippen LogP contribution is 2.35. The fraction of sp³-hybridized carbons (Fsp3) is 0.588. The van der Waals surface area contributed by atoms with E-state index in [0.717, 1.165) is 25.1 Å². The number of rotatable bonds is 3. The summed E-state index contributed by atoms with van der Waals surface area (Å²) in [5, 5.41) is 8.83. The van der Waals surface area contributed by atoms with Gasteiger partial charge in [-0.25, -0.2) is 0 Å². The van der Waals surface area contributed by atoms with Crippen LogP contribution in [-0.4, -0.2) is 36.9 Å². The second kappa shape index (κ2) is 5.51. The van der Waals surface area contributed by atoms with E-state index in [1.165, 1.54) is 24.8 Å². The minimum Gasteiger partial charge on any atom is -0.331 e. The van der Waals surface area contributed by atoms with Gasteiger partial charge in [-0.3, -0.25) is 14.2 Å². The van der Waals surface area contributed by atoms with Gasteiger partial charge in [0.2, 0.25) is 0 Å². The first-order chi connectivity index (χ1) is 11.1. The molecule has 2 fully saturated rings. The number of carbonyl (C=O) groups excluding carboxylic acids is 1. The largest absolute Gasteiger partial charge is 0.331 e. The summed E-state index contributed by atoms with van der Waals surface area (Å²) >= 11 is 0. The molecule has 122 valence electrons. The van der Waals surface area contributed by atoms with Crippen molar-refractivity contribution in [1.29, 1.82) is 0 Å². The van der Waals surface area contributed by atoms with Gasteiger partial charge in [-0.05, 0) is 39.0 Å². The minimum absolute atomic E-state index is 0.0985. The topological polar surface area (TPSA) is 56.0 Å². The van der Waals surface area contributed by atoms with E-state index in [9.17, 15) is 4.79 Å². The molecular formula is C17H23N5O. The van der Waals surface area contributed by atoms with Crippen LogP contribution in [0.4, 0.5) is 0 Å². The molecule has 6 nitrogen and oxygen atoms in total. The highest BCUT2D eigenvalue weighted by atomic mass is 16.2. The van der Waals surface area contributed by atoms with Crippen molar-refractivity contribution in [3.05, 3.63) is 35.4 Å². The van der Waals surface area contributed by atoms with Crippen molar-refractivity contribution < 1.29 is 4.79 Å². The third-order valence-corrected chi connectivity index (χ3v) is 5.22. The van der Waals surface area contributed by atoms with Gasteiger partial charge in [-0.1, -0.05) is 0 Å². The standard InChI is InChI=1S/C17H23N5O/c1-12-15(11-20(2)19-12)16-7-4-8-21(16)17(23)13-9-18-22(10-13)14-5-3-6-14/h9-11,14,16H,3-8H2,1-2H3/t16-/m0/s1. The average molecular weight is 313 g/mol. The predicted octanol–water partition coefficient (Wildman–Crippen LogP) is 2.63. The first kappa shape index (κ1) is 14.5. The van der Waals surface area contributed by atoms with Crippen molar-refractivity contribution in [1.82, 2.24) is 24.5 Å². The van der Waals surface area contributed by atoms with Gasteiger partial charge in [-0.15, -0.1) is 0 Å². The van der Waals surface area contributed by atoms with Crippen molar-refractivity contribution in [2.45, 2.75) is 51.1 Å². The van der Waals surface area contributed by atoms with Gasteiger partial charge in [0.1, 0.15) is 0 Å². The molecule has 1 aliphatic carbocycles. The quantitative estimate of drug-likeness (QED) is 0.875. The van der Waals surface area contributed by atoms with Gasteiger partial charge >= 0.3 is 0 Å². The molecule has 0 aromatic carbocycles. The average Bonchev–Trinajstić information content (AvgIpc) is 3.16. The van der Waals surface area contributed by atoms with Gasteiger partial charge in [-0.2, -0.15) is 10.2 Å². The Bertz CT molecular complexity index is 727. The van der Waals surface area contributed by atoms with E-state index in [1.807, 2.05) is 40.6 Å². The first-order valence-corrected chi connectivity index (χ1v) is 8.49. The van der Waals surface area contributed by atoms with Crippen molar-refractivity contribution in [3.63, 3.8) is 0 Å². The molecule has 2 aliphatic rings. The van der Waals surface area contributed by atoms with Gasteiger partial charge in [0, 0.05) is 31.5 Å². The molecule has 1 saturated heterocycles. The lowest BCUT2D eigenvalue weighted by atomic mass is 9.93. The van der Waals surface area contributed by atoms with E-state index in [0.29, 0.717) is 11.6 Å². The Morgan fingerprint density at radius 3 is 2.70 bits per heavy atom. The number of aryl methyl sites for hydroxylation is 2. The lowest BCUT2D eigenvalue weighted by Crippen LogP contribution is -2.30. The van der Waals surface area contributed by atoms with Crippen LogP contribution in [0.25, 0.3) is 0 Å².